The molecule has 0 atom stereocenters. The Kier molecular flexibility index (Phi) is 3.39. The molecule has 2 aromatic heterocycles. The van der Waals surface area contributed by atoms with Crippen molar-refractivity contribution in [3.8, 4) is 0 Å². The minimum Gasteiger partial charge on any atom is -0.321 e. The van der Waals surface area contributed by atoms with Gasteiger partial charge in [-0.05, 0) is 31.5 Å². The summed E-state index contributed by atoms with van der Waals surface area (Å²) in [5.41, 5.74) is 3.96. The molecular weight excluding hydrogens is 264 g/mol. The molecule has 2 heterocycles. The van der Waals surface area contributed by atoms with Crippen molar-refractivity contribution in [2.75, 3.05) is 5.32 Å². The van der Waals surface area contributed by atoms with E-state index in [2.05, 4.69) is 15.4 Å². The number of carbonyl (C=O) groups is 1. The molecule has 3 rings (SSSR count). The van der Waals surface area contributed by atoms with Crippen LogP contribution in [-0.2, 0) is 6.42 Å². The van der Waals surface area contributed by atoms with Gasteiger partial charge in [0, 0.05) is 17.4 Å². The van der Waals surface area contributed by atoms with Crippen molar-refractivity contribution >= 4 is 17.2 Å². The van der Waals surface area contributed by atoms with Crippen LogP contribution in [-0.4, -0.2) is 20.5 Å². The van der Waals surface area contributed by atoms with Gasteiger partial charge in [-0.3, -0.25) is 4.79 Å². The van der Waals surface area contributed by atoms with Crippen LogP contribution in [0.4, 0.5) is 5.69 Å². The summed E-state index contributed by atoms with van der Waals surface area (Å²) in [5, 5.41) is 7.07. The van der Waals surface area contributed by atoms with E-state index in [0.717, 1.165) is 23.4 Å². The van der Waals surface area contributed by atoms with Gasteiger partial charge in [-0.1, -0.05) is 24.6 Å². The summed E-state index contributed by atoms with van der Waals surface area (Å²) >= 11 is 0. The SMILES string of the molecule is CCc1cc(C(=O)Nc2ccc(C)cc2)nc2ccnn12. The molecule has 1 N–H and O–H groups in total. The highest BCUT2D eigenvalue weighted by atomic mass is 16.1. The summed E-state index contributed by atoms with van der Waals surface area (Å²) in [4.78, 5) is 16.7. The molecule has 0 bridgehead atoms. The molecule has 0 saturated heterocycles. The highest BCUT2D eigenvalue weighted by Gasteiger charge is 2.12. The second-order valence-electron chi connectivity index (χ2n) is 4.91. The van der Waals surface area contributed by atoms with Gasteiger partial charge in [0.25, 0.3) is 5.91 Å². The summed E-state index contributed by atoms with van der Waals surface area (Å²) in [5.74, 6) is -0.211. The first kappa shape index (κ1) is 13.3. The topological polar surface area (TPSA) is 59.3 Å². The van der Waals surface area contributed by atoms with E-state index in [1.807, 2.05) is 38.1 Å². The van der Waals surface area contributed by atoms with E-state index in [9.17, 15) is 4.79 Å². The van der Waals surface area contributed by atoms with Crippen LogP contribution in [0, 0.1) is 6.92 Å². The Morgan fingerprint density at radius 2 is 2.00 bits per heavy atom. The maximum absolute atomic E-state index is 12.3. The van der Waals surface area contributed by atoms with Crippen molar-refractivity contribution in [1.82, 2.24) is 14.6 Å². The van der Waals surface area contributed by atoms with Crippen LogP contribution in [0.5, 0.6) is 0 Å². The average Bonchev–Trinajstić information content (AvgIpc) is 2.97. The maximum atomic E-state index is 12.3. The summed E-state index contributed by atoms with van der Waals surface area (Å²) < 4.78 is 1.75. The number of rotatable bonds is 3. The Morgan fingerprint density at radius 3 is 2.71 bits per heavy atom. The zero-order valence-electron chi connectivity index (χ0n) is 12.0. The van der Waals surface area contributed by atoms with Crippen LogP contribution in [0.3, 0.4) is 0 Å². The zero-order valence-corrected chi connectivity index (χ0v) is 12.0. The number of aromatic nitrogens is 3. The highest BCUT2D eigenvalue weighted by Crippen LogP contribution is 2.12. The maximum Gasteiger partial charge on any atom is 0.274 e. The molecule has 0 fully saturated rings. The third-order valence-electron chi connectivity index (χ3n) is 3.34. The monoisotopic (exact) mass is 280 g/mol. The van der Waals surface area contributed by atoms with Gasteiger partial charge in [0.15, 0.2) is 5.65 Å². The molecule has 1 amide bonds. The van der Waals surface area contributed by atoms with Crippen LogP contribution >= 0.6 is 0 Å². The fourth-order valence-corrected chi connectivity index (χ4v) is 2.18. The molecule has 21 heavy (non-hydrogen) atoms. The number of fused-ring (bicyclic) bond motifs is 1. The molecule has 5 heteroatoms. The quantitative estimate of drug-likeness (QED) is 0.802. The van der Waals surface area contributed by atoms with Gasteiger partial charge in [-0.25, -0.2) is 9.50 Å². The van der Waals surface area contributed by atoms with E-state index >= 15 is 0 Å². The number of nitrogens with zero attached hydrogens (tertiary/aromatic N) is 3. The van der Waals surface area contributed by atoms with E-state index in [4.69, 9.17) is 0 Å². The zero-order chi connectivity index (χ0) is 14.8. The van der Waals surface area contributed by atoms with Gasteiger partial charge in [-0.15, -0.1) is 0 Å². The fourth-order valence-electron chi connectivity index (χ4n) is 2.18. The number of hydrogen-bond acceptors (Lipinski definition) is 3. The molecule has 3 aromatic rings. The third-order valence-corrected chi connectivity index (χ3v) is 3.34. The van der Waals surface area contributed by atoms with Crippen molar-refractivity contribution in [3.05, 3.63) is 59.5 Å². The number of hydrogen-bond donors (Lipinski definition) is 1. The van der Waals surface area contributed by atoms with Crippen molar-refractivity contribution < 1.29 is 4.79 Å². The first-order valence-electron chi connectivity index (χ1n) is 6.89. The molecular formula is C16H16N4O. The lowest BCUT2D eigenvalue weighted by molar-refractivity contribution is 0.102. The van der Waals surface area contributed by atoms with Crippen LogP contribution in [0.2, 0.25) is 0 Å². The summed E-state index contributed by atoms with van der Waals surface area (Å²) in [7, 11) is 0. The predicted molar refractivity (Wildman–Crippen MR) is 81.5 cm³/mol. The fraction of sp³-hybridized carbons (Fsp3) is 0.188. The molecule has 0 aliphatic carbocycles. The lowest BCUT2D eigenvalue weighted by Crippen LogP contribution is -2.15. The Hall–Kier alpha value is -2.69. The molecule has 0 aliphatic rings. The lowest BCUT2D eigenvalue weighted by Gasteiger charge is -2.08. The predicted octanol–water partition coefficient (Wildman–Crippen LogP) is 2.85. The highest BCUT2D eigenvalue weighted by molar-refractivity contribution is 6.03. The molecule has 0 unspecified atom stereocenters. The lowest BCUT2D eigenvalue weighted by atomic mass is 10.2. The number of amides is 1. The first-order valence-corrected chi connectivity index (χ1v) is 6.89. The van der Waals surface area contributed by atoms with E-state index in [1.165, 1.54) is 0 Å². The third kappa shape index (κ3) is 2.63. The van der Waals surface area contributed by atoms with Gasteiger partial charge in [0.05, 0.1) is 6.20 Å². The molecule has 0 saturated carbocycles. The number of aryl methyl sites for hydroxylation is 2. The number of carbonyl (C=O) groups excluding carboxylic acids is 1. The minimum absolute atomic E-state index is 0.211. The normalized spacial score (nSPS) is 10.8. The van der Waals surface area contributed by atoms with Gasteiger partial charge in [-0.2, -0.15) is 5.10 Å². The largest absolute Gasteiger partial charge is 0.321 e. The summed E-state index contributed by atoms with van der Waals surface area (Å²) in [6.07, 6.45) is 2.47. The second kappa shape index (κ2) is 5.36. The van der Waals surface area contributed by atoms with Gasteiger partial charge in [0.1, 0.15) is 5.69 Å². The van der Waals surface area contributed by atoms with E-state index in [1.54, 1.807) is 22.8 Å². The van der Waals surface area contributed by atoms with E-state index in [-0.39, 0.29) is 5.91 Å². The molecule has 106 valence electrons. The average molecular weight is 280 g/mol. The van der Waals surface area contributed by atoms with Crippen LogP contribution in [0.25, 0.3) is 5.65 Å². The molecule has 0 radical (unpaired) electrons. The van der Waals surface area contributed by atoms with Crippen molar-refractivity contribution in [1.29, 1.82) is 0 Å². The van der Waals surface area contributed by atoms with Crippen molar-refractivity contribution in [2.45, 2.75) is 20.3 Å². The Labute approximate surface area is 122 Å². The van der Waals surface area contributed by atoms with Crippen molar-refractivity contribution in [2.24, 2.45) is 0 Å². The van der Waals surface area contributed by atoms with Crippen LogP contribution < -0.4 is 5.32 Å². The van der Waals surface area contributed by atoms with Gasteiger partial charge >= 0.3 is 0 Å². The van der Waals surface area contributed by atoms with Gasteiger partial charge < -0.3 is 5.32 Å². The smallest absolute Gasteiger partial charge is 0.274 e. The number of anilines is 1. The van der Waals surface area contributed by atoms with Crippen molar-refractivity contribution in [3.63, 3.8) is 0 Å². The van der Waals surface area contributed by atoms with Gasteiger partial charge in [0.2, 0.25) is 0 Å². The Bertz CT molecular complexity index is 790. The molecule has 1 aromatic carbocycles. The Morgan fingerprint density at radius 1 is 1.24 bits per heavy atom. The summed E-state index contributed by atoms with van der Waals surface area (Å²) in [6, 6.07) is 11.3. The number of benzene rings is 1. The van der Waals surface area contributed by atoms with Crippen LogP contribution in [0.15, 0.2) is 42.6 Å². The second-order valence-corrected chi connectivity index (χ2v) is 4.91. The Balaban J connectivity index is 1.92. The van der Waals surface area contributed by atoms with E-state index in [0.29, 0.717) is 11.3 Å². The minimum atomic E-state index is -0.211. The molecule has 5 nitrogen and oxygen atoms in total. The molecule has 0 aliphatic heterocycles. The number of nitrogens with one attached hydrogen (secondary N) is 1. The van der Waals surface area contributed by atoms with E-state index < -0.39 is 0 Å². The first-order chi connectivity index (χ1) is 10.2. The summed E-state index contributed by atoms with van der Waals surface area (Å²) in [6.45, 7) is 4.03. The van der Waals surface area contributed by atoms with Crippen LogP contribution in [0.1, 0.15) is 28.7 Å². The standard InChI is InChI=1S/C16H16N4O/c1-3-13-10-14(19-15-8-9-17-20(13)15)16(21)18-12-6-4-11(2)5-7-12/h4-10H,3H2,1-2H3,(H,18,21). The molecule has 0 spiro atoms.